The lowest BCUT2D eigenvalue weighted by molar-refractivity contribution is 0.0526. The molecule has 0 saturated heterocycles. The summed E-state index contributed by atoms with van der Waals surface area (Å²) in [5.74, 6) is -0.354. The van der Waals surface area contributed by atoms with Gasteiger partial charge in [0.1, 0.15) is 0 Å². The van der Waals surface area contributed by atoms with Crippen LogP contribution in [0, 0.1) is 6.92 Å². The van der Waals surface area contributed by atoms with Crippen molar-refractivity contribution in [3.05, 3.63) is 35.4 Å². The topological polar surface area (TPSA) is 26.3 Å². The van der Waals surface area contributed by atoms with Crippen LogP contribution in [0.3, 0.4) is 0 Å². The number of rotatable bonds is 2. The molecule has 0 aromatic heterocycles. The van der Waals surface area contributed by atoms with Crippen molar-refractivity contribution in [1.29, 1.82) is 0 Å². The Bertz CT molecular complexity index is 285. The molecular weight excluding hydrogens is 196 g/mol. The maximum Gasteiger partial charge on any atom is 0.338 e. The molecule has 0 amide bonds. The predicted molar refractivity (Wildman–Crippen MR) is 62.0 cm³/mol. The number of benzene rings is 1. The van der Waals surface area contributed by atoms with E-state index >= 15 is 0 Å². The summed E-state index contributed by atoms with van der Waals surface area (Å²) in [5.41, 5.74) is 1.65. The third-order valence-corrected chi connectivity index (χ3v) is 1.52. The van der Waals surface area contributed by atoms with Crippen molar-refractivity contribution < 1.29 is 10.9 Å². The fraction of sp³-hybridized carbons (Fsp3) is 0.364. The van der Waals surface area contributed by atoms with Crippen molar-refractivity contribution in [3.63, 3.8) is 0 Å². The van der Waals surface area contributed by atoms with E-state index in [0.717, 1.165) is 5.56 Å². The lowest BCUT2D eigenvalue weighted by Crippen LogP contribution is -2.03. The molecule has 0 spiro atoms. The van der Waals surface area contributed by atoms with Gasteiger partial charge in [-0.1, -0.05) is 17.7 Å². The summed E-state index contributed by atoms with van der Waals surface area (Å²) in [4.78, 5) is 11.2. The highest BCUT2D eigenvalue weighted by Gasteiger charge is 2.03. The molecule has 78 valence electrons. The van der Waals surface area contributed by atoms with Crippen LogP contribution < -0.4 is 0 Å². The van der Waals surface area contributed by atoms with Gasteiger partial charge in [0.05, 0.1) is 12.2 Å². The van der Waals surface area contributed by atoms with Gasteiger partial charge in [-0.3, -0.25) is 0 Å². The standard InChI is InChI=1S/C10H12O2.CH4S/c1-3-12-10(11)9-6-4-8(2)5-7-9;1-2/h4-7H,3H2,1-2H3;2H,1H3/i1T;. The fourth-order valence-corrected chi connectivity index (χ4v) is 0.866. The minimum absolute atomic E-state index is 0.109. The van der Waals surface area contributed by atoms with Crippen LogP contribution in [0.5, 0.6) is 0 Å². The van der Waals surface area contributed by atoms with Crippen LogP contribution in [-0.4, -0.2) is 18.8 Å². The highest BCUT2D eigenvalue weighted by atomic mass is 32.1. The van der Waals surface area contributed by atoms with E-state index in [0.29, 0.717) is 5.56 Å². The van der Waals surface area contributed by atoms with E-state index in [1.54, 1.807) is 18.4 Å². The van der Waals surface area contributed by atoms with E-state index < -0.39 is 0 Å². The summed E-state index contributed by atoms with van der Waals surface area (Å²) in [7, 11) is 0. The molecule has 0 bridgehead atoms. The fourth-order valence-electron chi connectivity index (χ4n) is 0.866. The van der Waals surface area contributed by atoms with Gasteiger partial charge in [0.15, 0.2) is 0 Å². The summed E-state index contributed by atoms with van der Waals surface area (Å²) in [6.45, 7) is 2.23. The zero-order chi connectivity index (χ0) is 11.7. The van der Waals surface area contributed by atoms with Crippen LogP contribution in [0.15, 0.2) is 24.3 Å². The van der Waals surface area contributed by atoms with Gasteiger partial charge in [-0.15, -0.1) is 0 Å². The van der Waals surface area contributed by atoms with E-state index in [2.05, 4.69) is 12.6 Å². The normalized spacial score (nSPS) is 9.50. The first kappa shape index (κ1) is 11.1. The van der Waals surface area contributed by atoms with Gasteiger partial charge in [-0.25, -0.2) is 4.79 Å². The SMILES string of the molecule is CS.[3H]CCOC(=O)c1ccc(C)cc1. The minimum atomic E-state index is -0.354. The molecule has 0 saturated carbocycles. The van der Waals surface area contributed by atoms with Gasteiger partial charge < -0.3 is 4.74 Å². The highest BCUT2D eigenvalue weighted by molar-refractivity contribution is 7.79. The van der Waals surface area contributed by atoms with Crippen LogP contribution in [0.1, 0.15) is 24.2 Å². The maximum atomic E-state index is 11.2. The van der Waals surface area contributed by atoms with E-state index in [9.17, 15) is 4.79 Å². The number of thiol groups is 1. The van der Waals surface area contributed by atoms with Gasteiger partial charge in [0.2, 0.25) is 0 Å². The van der Waals surface area contributed by atoms with Crippen molar-refractivity contribution in [2.45, 2.75) is 13.8 Å². The average Bonchev–Trinajstić information content (AvgIpc) is 2.29. The van der Waals surface area contributed by atoms with Crippen LogP contribution >= 0.6 is 12.6 Å². The van der Waals surface area contributed by atoms with Gasteiger partial charge in [-0.05, 0) is 32.2 Å². The Morgan fingerprint density at radius 1 is 1.43 bits per heavy atom. The lowest BCUT2D eigenvalue weighted by atomic mass is 10.1. The van der Waals surface area contributed by atoms with Crippen LogP contribution in [0.2, 0.25) is 0 Å². The van der Waals surface area contributed by atoms with Crippen LogP contribution in [0.4, 0.5) is 0 Å². The molecular formula is C11H16O2S. The second-order valence-electron chi connectivity index (χ2n) is 2.50. The Hall–Kier alpha value is -0.960. The van der Waals surface area contributed by atoms with Gasteiger partial charge in [0, 0.05) is 1.37 Å². The predicted octanol–water partition coefficient (Wildman–Crippen LogP) is 2.72. The molecule has 1 aromatic rings. The molecule has 0 aliphatic heterocycles. The number of esters is 1. The quantitative estimate of drug-likeness (QED) is 0.605. The molecule has 1 rings (SSSR count). The number of carbonyl (C=O) groups excluding carboxylic acids is 1. The smallest absolute Gasteiger partial charge is 0.338 e. The highest BCUT2D eigenvalue weighted by Crippen LogP contribution is 2.04. The number of carbonyl (C=O) groups is 1. The van der Waals surface area contributed by atoms with E-state index in [1.807, 2.05) is 19.1 Å². The Labute approximate surface area is 92.1 Å². The molecule has 2 nitrogen and oxygen atoms in total. The molecule has 0 atom stereocenters. The zero-order valence-corrected chi connectivity index (χ0v) is 9.38. The Morgan fingerprint density at radius 3 is 2.50 bits per heavy atom. The molecule has 0 N–H and O–H groups in total. The molecule has 3 heteroatoms. The Balaban J connectivity index is 0.000000921. The molecule has 0 unspecified atom stereocenters. The number of hydrogen-bond donors (Lipinski definition) is 1. The van der Waals surface area contributed by atoms with Crippen molar-refractivity contribution in [2.75, 3.05) is 12.9 Å². The summed E-state index contributed by atoms with van der Waals surface area (Å²) >= 11 is 3.53. The average molecular weight is 214 g/mol. The second-order valence-corrected chi connectivity index (χ2v) is 2.50. The second kappa shape index (κ2) is 7.44. The van der Waals surface area contributed by atoms with Crippen LogP contribution in [-0.2, 0) is 4.74 Å². The number of aryl methyl sites for hydroxylation is 1. The first-order valence-corrected chi connectivity index (χ1v) is 5.11. The van der Waals surface area contributed by atoms with Crippen molar-refractivity contribution in [1.82, 2.24) is 0 Å². The third kappa shape index (κ3) is 4.33. The largest absolute Gasteiger partial charge is 0.462 e. The number of ether oxygens (including phenoxy) is 1. The van der Waals surface area contributed by atoms with Crippen molar-refractivity contribution in [2.24, 2.45) is 0 Å². The van der Waals surface area contributed by atoms with E-state index in [1.165, 1.54) is 0 Å². The molecule has 14 heavy (non-hydrogen) atoms. The molecule has 0 heterocycles. The first-order valence-electron chi connectivity index (χ1n) is 4.92. The van der Waals surface area contributed by atoms with Crippen molar-refractivity contribution in [3.8, 4) is 0 Å². The van der Waals surface area contributed by atoms with Gasteiger partial charge in [-0.2, -0.15) is 12.6 Å². The van der Waals surface area contributed by atoms with E-state index in [4.69, 9.17) is 6.11 Å². The zero-order valence-electron chi connectivity index (χ0n) is 9.49. The summed E-state index contributed by atoms with van der Waals surface area (Å²) < 4.78 is 11.6. The maximum absolute atomic E-state index is 11.2. The van der Waals surface area contributed by atoms with Gasteiger partial charge in [0.25, 0.3) is 0 Å². The summed E-state index contributed by atoms with van der Waals surface area (Å²) in [6.07, 6.45) is 1.69. The molecule has 0 aliphatic rings. The number of hydrogen-bond acceptors (Lipinski definition) is 3. The lowest BCUT2D eigenvalue weighted by Gasteiger charge is -2.00. The van der Waals surface area contributed by atoms with Crippen LogP contribution in [0.25, 0.3) is 0 Å². The monoisotopic (exact) mass is 214 g/mol. The molecule has 0 aliphatic carbocycles. The third-order valence-electron chi connectivity index (χ3n) is 1.52. The Morgan fingerprint density at radius 2 is 2.00 bits per heavy atom. The van der Waals surface area contributed by atoms with Crippen molar-refractivity contribution >= 4 is 18.6 Å². The molecule has 0 radical (unpaired) electrons. The first-order chi connectivity index (χ1) is 7.24. The minimum Gasteiger partial charge on any atom is -0.462 e. The summed E-state index contributed by atoms with van der Waals surface area (Å²) in [6, 6.07) is 7.16. The summed E-state index contributed by atoms with van der Waals surface area (Å²) in [5, 5.41) is 0. The molecule has 0 fully saturated rings. The molecule has 1 aromatic carbocycles. The van der Waals surface area contributed by atoms with E-state index in [-0.39, 0.29) is 19.5 Å². The van der Waals surface area contributed by atoms with Gasteiger partial charge >= 0.3 is 5.97 Å². The Kier molecular flexibility index (Phi) is 5.91.